The maximum absolute atomic E-state index is 11.9. The zero-order valence-electron chi connectivity index (χ0n) is 17.0. The molecule has 0 bridgehead atoms. The summed E-state index contributed by atoms with van der Waals surface area (Å²) < 4.78 is 5.37. The zero-order valence-corrected chi connectivity index (χ0v) is 17.8. The van der Waals surface area contributed by atoms with Gasteiger partial charge in [0, 0.05) is 29.5 Å². The number of anilines is 1. The molecular weight excluding hydrogens is 400 g/mol. The average Bonchev–Trinajstić information content (AvgIpc) is 3.08. The fraction of sp³-hybridized carbons (Fsp3) is 0.478. The van der Waals surface area contributed by atoms with Crippen molar-refractivity contribution in [3.63, 3.8) is 0 Å². The van der Waals surface area contributed by atoms with Crippen LogP contribution in [0, 0.1) is 0 Å². The van der Waals surface area contributed by atoms with Gasteiger partial charge in [0.05, 0.1) is 12.3 Å². The second-order valence-corrected chi connectivity index (χ2v) is 8.50. The van der Waals surface area contributed by atoms with Gasteiger partial charge in [0.25, 0.3) is 0 Å². The molecule has 158 valence electrons. The van der Waals surface area contributed by atoms with E-state index in [4.69, 9.17) is 27.1 Å². The molecule has 2 N–H and O–H groups in total. The maximum Gasteiger partial charge on any atom is 0.306 e. The zero-order chi connectivity index (χ0) is 20.9. The van der Waals surface area contributed by atoms with Gasteiger partial charge in [0.1, 0.15) is 11.5 Å². The summed E-state index contributed by atoms with van der Waals surface area (Å²) in [6, 6.07) is 7.56. The van der Waals surface area contributed by atoms with Crippen LogP contribution in [0.3, 0.4) is 0 Å². The first-order valence-electron chi connectivity index (χ1n) is 10.7. The molecule has 2 aliphatic rings. The highest BCUT2D eigenvalue weighted by atomic mass is 35.5. The number of esters is 1. The van der Waals surface area contributed by atoms with Gasteiger partial charge < -0.3 is 10.5 Å². The fourth-order valence-electron chi connectivity index (χ4n) is 3.86. The van der Waals surface area contributed by atoms with Crippen molar-refractivity contribution in [3.8, 4) is 0 Å². The molecule has 4 rings (SSSR count). The molecule has 1 aliphatic carbocycles. The van der Waals surface area contributed by atoms with Gasteiger partial charge in [-0.3, -0.25) is 9.79 Å². The predicted molar refractivity (Wildman–Crippen MR) is 119 cm³/mol. The van der Waals surface area contributed by atoms with Crippen molar-refractivity contribution in [2.24, 2.45) is 4.99 Å². The number of nitrogens with zero attached hydrogens (tertiary/aromatic N) is 3. The van der Waals surface area contributed by atoms with Gasteiger partial charge in [-0.15, -0.1) is 0 Å². The van der Waals surface area contributed by atoms with Crippen LogP contribution in [0.1, 0.15) is 73.9 Å². The molecule has 1 unspecified atom stereocenters. The van der Waals surface area contributed by atoms with Crippen LogP contribution in [0.25, 0.3) is 0 Å². The number of unbranched alkanes of at least 4 members (excludes halogenated alkanes) is 1. The molecule has 1 aromatic heterocycles. The van der Waals surface area contributed by atoms with Gasteiger partial charge in [0.2, 0.25) is 0 Å². The molecule has 2 aromatic rings. The number of fused-ring (bicyclic) bond motifs is 1. The number of nitrogens with two attached hydrogens (primary N) is 1. The van der Waals surface area contributed by atoms with Crippen molar-refractivity contribution < 1.29 is 9.53 Å². The number of nitrogen functional groups attached to an aromatic ring is 1. The standard InChI is InChI=1S/C23H27ClN4O2/c24-18-9-3-5-15(13-18)10-11-19(29)30-12-2-1-6-17-14-26-21-20(17)27-23(28-22(21)25)16-7-4-8-16/h3,5,9,13-14,16-17H,1-2,4,6-8,10-12H2,(H2,25,27,28). The van der Waals surface area contributed by atoms with Crippen molar-refractivity contribution >= 4 is 35.3 Å². The number of carbonyl (C=O) groups excluding carboxylic acids is 1. The Hall–Kier alpha value is -2.47. The lowest BCUT2D eigenvalue weighted by atomic mass is 9.84. The summed E-state index contributed by atoms with van der Waals surface area (Å²) in [4.78, 5) is 25.6. The van der Waals surface area contributed by atoms with Crippen LogP contribution in [0.2, 0.25) is 5.02 Å². The van der Waals surface area contributed by atoms with E-state index in [1.807, 2.05) is 30.5 Å². The lowest BCUT2D eigenvalue weighted by Crippen LogP contribution is -2.15. The number of benzene rings is 1. The Morgan fingerprint density at radius 1 is 1.23 bits per heavy atom. The minimum absolute atomic E-state index is 0.169. The number of hydrogen-bond donors (Lipinski definition) is 1. The van der Waals surface area contributed by atoms with Gasteiger partial charge in [0.15, 0.2) is 5.82 Å². The maximum atomic E-state index is 11.9. The van der Waals surface area contributed by atoms with E-state index in [0.717, 1.165) is 54.9 Å². The third-order valence-corrected chi connectivity index (χ3v) is 6.07. The van der Waals surface area contributed by atoms with E-state index in [-0.39, 0.29) is 11.9 Å². The minimum atomic E-state index is -0.173. The summed E-state index contributed by atoms with van der Waals surface area (Å²) in [6.07, 6.45) is 9.12. The Bertz CT molecular complexity index is 943. The Balaban J connectivity index is 1.18. The molecule has 0 amide bonds. The van der Waals surface area contributed by atoms with E-state index < -0.39 is 0 Å². The molecule has 0 saturated heterocycles. The first-order chi connectivity index (χ1) is 14.6. The van der Waals surface area contributed by atoms with Crippen LogP contribution in [0.4, 0.5) is 11.5 Å². The molecule has 30 heavy (non-hydrogen) atoms. The Kier molecular flexibility index (Phi) is 6.62. The summed E-state index contributed by atoms with van der Waals surface area (Å²) in [5, 5.41) is 0.685. The molecule has 1 fully saturated rings. The molecule has 7 heteroatoms. The molecule has 0 spiro atoms. The van der Waals surface area contributed by atoms with Gasteiger partial charge >= 0.3 is 5.97 Å². The lowest BCUT2D eigenvalue weighted by Gasteiger charge is -2.24. The first kappa shape index (κ1) is 20.8. The SMILES string of the molecule is Nc1nc(C2CCC2)nc2c1N=CC2CCCCOC(=O)CCc1cccc(Cl)c1. The molecule has 1 atom stereocenters. The quantitative estimate of drug-likeness (QED) is 0.443. The van der Waals surface area contributed by atoms with Gasteiger partial charge in [-0.05, 0) is 56.2 Å². The topological polar surface area (TPSA) is 90.5 Å². The Morgan fingerprint density at radius 3 is 2.87 bits per heavy atom. The van der Waals surface area contributed by atoms with E-state index in [2.05, 4.69) is 9.98 Å². The Morgan fingerprint density at radius 2 is 2.10 bits per heavy atom. The van der Waals surface area contributed by atoms with Crippen molar-refractivity contribution in [2.75, 3.05) is 12.3 Å². The summed E-state index contributed by atoms with van der Waals surface area (Å²) in [6.45, 7) is 0.435. The van der Waals surface area contributed by atoms with E-state index in [1.54, 1.807) is 0 Å². The monoisotopic (exact) mass is 426 g/mol. The van der Waals surface area contributed by atoms with Gasteiger partial charge in [-0.1, -0.05) is 30.2 Å². The van der Waals surface area contributed by atoms with E-state index in [0.29, 0.717) is 36.2 Å². The van der Waals surface area contributed by atoms with Crippen LogP contribution >= 0.6 is 11.6 Å². The van der Waals surface area contributed by atoms with Crippen LogP contribution in [0.15, 0.2) is 29.3 Å². The second-order valence-electron chi connectivity index (χ2n) is 8.06. The summed E-state index contributed by atoms with van der Waals surface area (Å²) in [7, 11) is 0. The molecule has 6 nitrogen and oxygen atoms in total. The summed E-state index contributed by atoms with van der Waals surface area (Å²) in [5.41, 5.74) is 8.85. The smallest absolute Gasteiger partial charge is 0.306 e. The van der Waals surface area contributed by atoms with E-state index in [1.165, 1.54) is 6.42 Å². The number of aromatic nitrogens is 2. The van der Waals surface area contributed by atoms with Crippen LogP contribution in [0.5, 0.6) is 0 Å². The largest absolute Gasteiger partial charge is 0.466 e. The minimum Gasteiger partial charge on any atom is -0.466 e. The number of aryl methyl sites for hydroxylation is 1. The van der Waals surface area contributed by atoms with Crippen LogP contribution in [-0.4, -0.2) is 28.8 Å². The number of rotatable bonds is 9. The van der Waals surface area contributed by atoms with E-state index >= 15 is 0 Å². The average molecular weight is 427 g/mol. The second kappa shape index (κ2) is 9.56. The van der Waals surface area contributed by atoms with Crippen LogP contribution < -0.4 is 5.73 Å². The summed E-state index contributed by atoms with van der Waals surface area (Å²) in [5.74, 6) is 1.82. The Labute approximate surface area is 181 Å². The summed E-state index contributed by atoms with van der Waals surface area (Å²) >= 11 is 5.97. The molecule has 1 aliphatic heterocycles. The number of halogens is 1. The lowest BCUT2D eigenvalue weighted by molar-refractivity contribution is -0.143. The third-order valence-electron chi connectivity index (χ3n) is 5.84. The molecule has 0 radical (unpaired) electrons. The molecule has 1 aromatic carbocycles. The molecular formula is C23H27ClN4O2. The molecule has 2 heterocycles. The third kappa shape index (κ3) is 4.98. The number of ether oxygens (including phenoxy) is 1. The van der Waals surface area contributed by atoms with Crippen LogP contribution in [-0.2, 0) is 16.0 Å². The number of carbonyl (C=O) groups is 1. The van der Waals surface area contributed by atoms with Crippen molar-refractivity contribution in [1.29, 1.82) is 0 Å². The molecule has 1 saturated carbocycles. The van der Waals surface area contributed by atoms with Gasteiger partial charge in [-0.2, -0.15) is 0 Å². The highest BCUT2D eigenvalue weighted by Crippen LogP contribution is 2.41. The van der Waals surface area contributed by atoms with E-state index in [9.17, 15) is 4.79 Å². The van der Waals surface area contributed by atoms with Crippen molar-refractivity contribution in [1.82, 2.24) is 9.97 Å². The fourth-order valence-corrected chi connectivity index (χ4v) is 4.07. The van der Waals surface area contributed by atoms with Crippen molar-refractivity contribution in [2.45, 2.75) is 63.2 Å². The highest BCUT2D eigenvalue weighted by Gasteiger charge is 2.28. The first-order valence-corrected chi connectivity index (χ1v) is 11.1. The number of aliphatic imine (C=N–C) groups is 1. The highest BCUT2D eigenvalue weighted by molar-refractivity contribution is 6.30. The number of hydrogen-bond acceptors (Lipinski definition) is 6. The normalized spacial score (nSPS) is 17.6. The predicted octanol–water partition coefficient (Wildman–Crippen LogP) is 5.13. The van der Waals surface area contributed by atoms with Gasteiger partial charge in [-0.25, -0.2) is 9.97 Å². The van der Waals surface area contributed by atoms with Crippen molar-refractivity contribution in [3.05, 3.63) is 46.4 Å².